The van der Waals surface area contributed by atoms with E-state index >= 15 is 0 Å². The van der Waals surface area contributed by atoms with Gasteiger partial charge < -0.3 is 14.8 Å². The van der Waals surface area contributed by atoms with Crippen molar-refractivity contribution >= 4 is 5.91 Å². The van der Waals surface area contributed by atoms with Gasteiger partial charge in [-0.05, 0) is 43.4 Å². The third-order valence-corrected chi connectivity index (χ3v) is 3.13. The number of hydrogen-bond acceptors (Lipinski definition) is 3. The Bertz CT molecular complexity index is 431. The van der Waals surface area contributed by atoms with E-state index in [2.05, 4.69) is 18.3 Å². The number of benzene rings is 1. The molecule has 0 saturated carbocycles. The van der Waals surface area contributed by atoms with Gasteiger partial charge in [0.25, 0.3) is 0 Å². The van der Waals surface area contributed by atoms with Crippen molar-refractivity contribution in [3.8, 4) is 11.5 Å². The molecule has 0 atom stereocenters. The Morgan fingerprint density at radius 3 is 2.95 bits per heavy atom. The number of ether oxygens (including phenoxy) is 2. The lowest BCUT2D eigenvalue weighted by Crippen LogP contribution is -2.23. The van der Waals surface area contributed by atoms with Crippen LogP contribution in [0.25, 0.3) is 0 Å². The van der Waals surface area contributed by atoms with Crippen molar-refractivity contribution in [2.24, 2.45) is 0 Å². The van der Waals surface area contributed by atoms with Gasteiger partial charge in [0.1, 0.15) is 0 Å². The van der Waals surface area contributed by atoms with E-state index in [0.717, 1.165) is 43.7 Å². The SMILES string of the molecule is CCCNC(=O)CCCCc1ccc2c(c1)OCO2. The summed E-state index contributed by atoms with van der Waals surface area (Å²) < 4.78 is 10.6. The van der Waals surface area contributed by atoms with Crippen molar-refractivity contribution in [1.29, 1.82) is 0 Å². The first kappa shape index (κ1) is 13.7. The van der Waals surface area contributed by atoms with E-state index in [0.29, 0.717) is 13.2 Å². The van der Waals surface area contributed by atoms with Crippen molar-refractivity contribution in [2.45, 2.75) is 39.0 Å². The Kier molecular flexibility index (Phi) is 5.07. The van der Waals surface area contributed by atoms with Crippen molar-refractivity contribution < 1.29 is 14.3 Å². The Labute approximate surface area is 114 Å². The maximum Gasteiger partial charge on any atom is 0.231 e. The Morgan fingerprint density at radius 2 is 2.11 bits per heavy atom. The maximum atomic E-state index is 11.4. The van der Waals surface area contributed by atoms with Crippen LogP contribution in [0.15, 0.2) is 18.2 Å². The third-order valence-electron chi connectivity index (χ3n) is 3.13. The molecule has 1 aromatic rings. The molecule has 1 aliphatic rings. The van der Waals surface area contributed by atoms with Gasteiger partial charge in [-0.25, -0.2) is 0 Å². The molecule has 0 fully saturated rings. The van der Waals surface area contributed by atoms with E-state index in [1.807, 2.05) is 12.1 Å². The molecule has 0 radical (unpaired) electrons. The van der Waals surface area contributed by atoms with E-state index in [4.69, 9.17) is 9.47 Å². The quantitative estimate of drug-likeness (QED) is 0.769. The first-order valence-corrected chi connectivity index (χ1v) is 6.95. The highest BCUT2D eigenvalue weighted by Crippen LogP contribution is 2.32. The van der Waals surface area contributed by atoms with Crippen LogP contribution in [0, 0.1) is 0 Å². The molecule has 1 amide bonds. The van der Waals surface area contributed by atoms with Crippen LogP contribution in [0.5, 0.6) is 11.5 Å². The van der Waals surface area contributed by atoms with E-state index < -0.39 is 0 Å². The molecule has 0 spiro atoms. The summed E-state index contributed by atoms with van der Waals surface area (Å²) in [6.07, 6.45) is 4.51. The molecule has 4 nitrogen and oxygen atoms in total. The van der Waals surface area contributed by atoms with Gasteiger partial charge >= 0.3 is 0 Å². The number of carbonyl (C=O) groups is 1. The summed E-state index contributed by atoms with van der Waals surface area (Å²) in [5, 5.41) is 2.89. The number of aryl methyl sites for hydroxylation is 1. The van der Waals surface area contributed by atoms with Gasteiger partial charge in [0.15, 0.2) is 11.5 Å². The second-order valence-electron chi connectivity index (χ2n) is 4.74. The number of hydrogen-bond donors (Lipinski definition) is 1. The number of nitrogens with one attached hydrogen (secondary N) is 1. The molecule has 0 aliphatic carbocycles. The number of unbranched alkanes of at least 4 members (excludes halogenated alkanes) is 1. The smallest absolute Gasteiger partial charge is 0.231 e. The van der Waals surface area contributed by atoms with Crippen LogP contribution in [0.2, 0.25) is 0 Å². The number of carbonyl (C=O) groups excluding carboxylic acids is 1. The van der Waals surface area contributed by atoms with Crippen molar-refractivity contribution in [1.82, 2.24) is 5.32 Å². The zero-order valence-corrected chi connectivity index (χ0v) is 11.4. The van der Waals surface area contributed by atoms with Crippen molar-refractivity contribution in [3.63, 3.8) is 0 Å². The zero-order valence-electron chi connectivity index (χ0n) is 11.4. The lowest BCUT2D eigenvalue weighted by molar-refractivity contribution is -0.121. The largest absolute Gasteiger partial charge is 0.454 e. The van der Waals surface area contributed by atoms with Crippen LogP contribution in [-0.2, 0) is 11.2 Å². The van der Waals surface area contributed by atoms with Crippen LogP contribution in [0.3, 0.4) is 0 Å². The van der Waals surface area contributed by atoms with Gasteiger partial charge in [-0.15, -0.1) is 0 Å². The summed E-state index contributed by atoms with van der Waals surface area (Å²) >= 11 is 0. The van der Waals surface area contributed by atoms with Crippen molar-refractivity contribution in [3.05, 3.63) is 23.8 Å². The molecule has 0 saturated heterocycles. The summed E-state index contributed by atoms with van der Waals surface area (Å²) in [5.41, 5.74) is 1.23. The minimum absolute atomic E-state index is 0.160. The first-order valence-electron chi connectivity index (χ1n) is 6.95. The average molecular weight is 263 g/mol. The topological polar surface area (TPSA) is 47.6 Å². The zero-order chi connectivity index (χ0) is 13.5. The Balaban J connectivity index is 1.67. The van der Waals surface area contributed by atoms with Gasteiger partial charge in [-0.3, -0.25) is 4.79 Å². The van der Waals surface area contributed by atoms with Gasteiger partial charge in [0, 0.05) is 13.0 Å². The van der Waals surface area contributed by atoms with Gasteiger partial charge in [-0.2, -0.15) is 0 Å². The fraction of sp³-hybridized carbons (Fsp3) is 0.533. The molecule has 104 valence electrons. The minimum atomic E-state index is 0.160. The second-order valence-corrected chi connectivity index (χ2v) is 4.74. The lowest BCUT2D eigenvalue weighted by Gasteiger charge is -2.04. The summed E-state index contributed by atoms with van der Waals surface area (Å²) in [6, 6.07) is 6.04. The molecule has 0 aromatic heterocycles. The molecule has 0 bridgehead atoms. The molecule has 1 aliphatic heterocycles. The predicted molar refractivity (Wildman–Crippen MR) is 73.4 cm³/mol. The molecule has 19 heavy (non-hydrogen) atoms. The van der Waals surface area contributed by atoms with Crippen LogP contribution < -0.4 is 14.8 Å². The van der Waals surface area contributed by atoms with Crippen LogP contribution in [0.4, 0.5) is 0 Å². The van der Waals surface area contributed by atoms with Gasteiger partial charge in [0.05, 0.1) is 0 Å². The number of amides is 1. The fourth-order valence-corrected chi connectivity index (χ4v) is 2.06. The molecular weight excluding hydrogens is 242 g/mol. The van der Waals surface area contributed by atoms with E-state index in [1.165, 1.54) is 5.56 Å². The average Bonchev–Trinajstić information content (AvgIpc) is 2.88. The van der Waals surface area contributed by atoms with Gasteiger partial charge in [0.2, 0.25) is 12.7 Å². The Hall–Kier alpha value is -1.71. The molecule has 4 heteroatoms. The molecule has 0 unspecified atom stereocenters. The summed E-state index contributed by atoms with van der Waals surface area (Å²) in [6.45, 7) is 3.15. The van der Waals surface area contributed by atoms with Gasteiger partial charge in [-0.1, -0.05) is 13.0 Å². The van der Waals surface area contributed by atoms with Crippen LogP contribution in [0.1, 0.15) is 38.2 Å². The second kappa shape index (κ2) is 7.02. The first-order chi connectivity index (χ1) is 9.29. The summed E-state index contributed by atoms with van der Waals surface area (Å²) in [5.74, 6) is 1.81. The molecule has 1 aromatic carbocycles. The van der Waals surface area contributed by atoms with Crippen LogP contribution >= 0.6 is 0 Å². The minimum Gasteiger partial charge on any atom is -0.454 e. The Morgan fingerprint density at radius 1 is 1.26 bits per heavy atom. The van der Waals surface area contributed by atoms with E-state index in [1.54, 1.807) is 0 Å². The molecule has 1 heterocycles. The fourth-order valence-electron chi connectivity index (χ4n) is 2.06. The van der Waals surface area contributed by atoms with Crippen molar-refractivity contribution in [2.75, 3.05) is 13.3 Å². The number of fused-ring (bicyclic) bond motifs is 1. The molecule has 1 N–H and O–H groups in total. The third kappa shape index (κ3) is 4.16. The standard InChI is InChI=1S/C15H21NO3/c1-2-9-16-15(17)6-4-3-5-12-7-8-13-14(10-12)19-11-18-13/h7-8,10H,2-6,9,11H2,1H3,(H,16,17). The highest BCUT2D eigenvalue weighted by Gasteiger charge is 2.12. The van der Waals surface area contributed by atoms with E-state index in [-0.39, 0.29) is 5.91 Å². The molecule has 2 rings (SSSR count). The normalized spacial score (nSPS) is 12.5. The lowest BCUT2D eigenvalue weighted by atomic mass is 10.1. The number of rotatable bonds is 7. The monoisotopic (exact) mass is 263 g/mol. The highest BCUT2D eigenvalue weighted by molar-refractivity contribution is 5.75. The highest BCUT2D eigenvalue weighted by atomic mass is 16.7. The predicted octanol–water partition coefficient (Wildman–Crippen LogP) is 2.65. The van der Waals surface area contributed by atoms with E-state index in [9.17, 15) is 4.79 Å². The van der Waals surface area contributed by atoms with Crippen LogP contribution in [-0.4, -0.2) is 19.2 Å². The maximum absolute atomic E-state index is 11.4. The summed E-state index contributed by atoms with van der Waals surface area (Å²) in [4.78, 5) is 11.4. The molecular formula is C15H21NO3. The summed E-state index contributed by atoms with van der Waals surface area (Å²) in [7, 11) is 0.